The van der Waals surface area contributed by atoms with Crippen LogP contribution in [0.5, 0.6) is 5.75 Å². The highest BCUT2D eigenvalue weighted by molar-refractivity contribution is 5.96. The number of rotatable bonds is 3. The number of methoxy groups -OCH3 is 1. The Kier molecular flexibility index (Phi) is 5.02. The molecule has 0 radical (unpaired) electrons. The first-order valence-corrected chi connectivity index (χ1v) is 8.19. The van der Waals surface area contributed by atoms with Crippen LogP contribution in [0.2, 0.25) is 0 Å². The van der Waals surface area contributed by atoms with Gasteiger partial charge in [-0.05, 0) is 42.8 Å². The van der Waals surface area contributed by atoms with Crippen molar-refractivity contribution in [3.63, 3.8) is 0 Å². The third-order valence-electron chi connectivity index (χ3n) is 4.39. The van der Waals surface area contributed by atoms with Gasteiger partial charge in [0, 0.05) is 23.9 Å². The molecule has 0 fully saturated rings. The lowest BCUT2D eigenvalue weighted by molar-refractivity contribution is -0.116. The number of nitrogens with zero attached hydrogens (tertiary/aromatic N) is 1. The molecule has 134 valence electrons. The standard InChI is InChI=1S/C20H19FN2O3/c1-13-17(4-3-5-19(13)26-2)22-20(25)23-11-10-16(24)12-18(23)14-6-8-15(21)9-7-14/h3-11,18H,12H2,1-2H3,(H,22,25)/t18-/m0/s1. The van der Waals surface area contributed by atoms with Crippen LogP contribution in [0.4, 0.5) is 14.9 Å². The third kappa shape index (κ3) is 3.59. The van der Waals surface area contributed by atoms with Gasteiger partial charge in [0.05, 0.1) is 13.2 Å². The number of urea groups is 1. The minimum Gasteiger partial charge on any atom is -0.496 e. The van der Waals surface area contributed by atoms with Crippen LogP contribution in [0, 0.1) is 12.7 Å². The van der Waals surface area contributed by atoms with Gasteiger partial charge >= 0.3 is 6.03 Å². The number of halogens is 1. The molecule has 1 aliphatic heterocycles. The lowest BCUT2D eigenvalue weighted by Gasteiger charge is -2.31. The number of anilines is 1. The Balaban J connectivity index is 1.87. The number of carbonyl (C=O) groups is 2. The van der Waals surface area contributed by atoms with Gasteiger partial charge in [-0.1, -0.05) is 18.2 Å². The molecule has 0 saturated carbocycles. The van der Waals surface area contributed by atoms with Gasteiger partial charge < -0.3 is 10.1 Å². The molecule has 1 aliphatic rings. The molecule has 6 heteroatoms. The number of benzene rings is 2. The lowest BCUT2D eigenvalue weighted by Crippen LogP contribution is -2.37. The number of ketones is 1. The Morgan fingerprint density at radius 1 is 1.23 bits per heavy atom. The average Bonchev–Trinajstić information content (AvgIpc) is 2.64. The van der Waals surface area contributed by atoms with Crippen molar-refractivity contribution >= 4 is 17.5 Å². The Morgan fingerprint density at radius 3 is 2.65 bits per heavy atom. The van der Waals surface area contributed by atoms with Crippen LogP contribution >= 0.6 is 0 Å². The molecule has 2 aromatic carbocycles. The minimum absolute atomic E-state index is 0.0825. The lowest BCUT2D eigenvalue weighted by atomic mass is 9.97. The predicted molar refractivity (Wildman–Crippen MR) is 96.5 cm³/mol. The molecule has 2 amide bonds. The normalized spacial score (nSPS) is 16.5. The maximum atomic E-state index is 13.2. The Hall–Kier alpha value is -3.15. The molecule has 3 rings (SSSR count). The maximum absolute atomic E-state index is 13.2. The third-order valence-corrected chi connectivity index (χ3v) is 4.39. The molecular weight excluding hydrogens is 335 g/mol. The average molecular weight is 354 g/mol. The fourth-order valence-corrected chi connectivity index (χ4v) is 2.95. The molecule has 0 aromatic heterocycles. The zero-order valence-corrected chi connectivity index (χ0v) is 14.5. The first-order valence-electron chi connectivity index (χ1n) is 8.19. The number of nitrogens with one attached hydrogen (secondary N) is 1. The fraction of sp³-hybridized carbons (Fsp3) is 0.200. The van der Waals surface area contributed by atoms with Gasteiger partial charge in [0.1, 0.15) is 11.6 Å². The molecule has 0 bridgehead atoms. The Morgan fingerprint density at radius 2 is 1.96 bits per heavy atom. The van der Waals surface area contributed by atoms with E-state index in [2.05, 4.69) is 5.32 Å². The summed E-state index contributed by atoms with van der Waals surface area (Å²) in [6.45, 7) is 1.85. The highest BCUT2D eigenvalue weighted by Crippen LogP contribution is 2.31. The highest BCUT2D eigenvalue weighted by Gasteiger charge is 2.29. The van der Waals surface area contributed by atoms with E-state index in [9.17, 15) is 14.0 Å². The van der Waals surface area contributed by atoms with Gasteiger partial charge in [-0.3, -0.25) is 9.69 Å². The summed E-state index contributed by atoms with van der Waals surface area (Å²) in [6, 6.07) is 10.3. The van der Waals surface area contributed by atoms with Gasteiger partial charge in [0.25, 0.3) is 0 Å². The molecule has 0 saturated heterocycles. The summed E-state index contributed by atoms with van der Waals surface area (Å²) in [7, 11) is 1.57. The molecule has 26 heavy (non-hydrogen) atoms. The molecule has 1 heterocycles. The van der Waals surface area contributed by atoms with E-state index in [1.54, 1.807) is 31.4 Å². The number of ether oxygens (including phenoxy) is 1. The molecule has 2 aromatic rings. The van der Waals surface area contributed by atoms with Crippen LogP contribution < -0.4 is 10.1 Å². The summed E-state index contributed by atoms with van der Waals surface area (Å²) in [5.41, 5.74) is 2.12. The number of hydrogen-bond acceptors (Lipinski definition) is 3. The van der Waals surface area contributed by atoms with E-state index in [0.29, 0.717) is 17.0 Å². The Bertz CT molecular complexity index is 862. The van der Waals surface area contributed by atoms with Crippen LogP contribution in [0.1, 0.15) is 23.6 Å². The van der Waals surface area contributed by atoms with Crippen molar-refractivity contribution in [3.8, 4) is 5.75 Å². The summed E-state index contributed by atoms with van der Waals surface area (Å²) in [5.74, 6) is 0.220. The van der Waals surface area contributed by atoms with E-state index in [-0.39, 0.29) is 24.1 Å². The van der Waals surface area contributed by atoms with E-state index in [0.717, 1.165) is 5.56 Å². The van der Waals surface area contributed by atoms with Gasteiger partial charge in [-0.2, -0.15) is 0 Å². The SMILES string of the molecule is COc1cccc(NC(=O)N2C=CC(=O)C[C@H]2c2ccc(F)cc2)c1C. The van der Waals surface area contributed by atoms with Crippen LogP contribution in [0.15, 0.2) is 54.7 Å². The molecular formula is C20H19FN2O3. The van der Waals surface area contributed by atoms with Crippen molar-refractivity contribution in [2.75, 3.05) is 12.4 Å². The number of carbonyl (C=O) groups excluding carboxylic acids is 2. The second-order valence-corrected chi connectivity index (χ2v) is 6.02. The number of hydrogen-bond donors (Lipinski definition) is 1. The largest absolute Gasteiger partial charge is 0.496 e. The number of allylic oxidation sites excluding steroid dienone is 1. The van der Waals surface area contributed by atoms with Gasteiger partial charge in [-0.15, -0.1) is 0 Å². The first-order chi connectivity index (χ1) is 12.5. The quantitative estimate of drug-likeness (QED) is 0.898. The molecule has 0 spiro atoms. The topological polar surface area (TPSA) is 58.6 Å². The second kappa shape index (κ2) is 7.39. The van der Waals surface area contributed by atoms with Crippen LogP contribution in [0.3, 0.4) is 0 Å². The smallest absolute Gasteiger partial charge is 0.326 e. The van der Waals surface area contributed by atoms with Crippen molar-refractivity contribution in [1.82, 2.24) is 4.90 Å². The zero-order chi connectivity index (χ0) is 18.7. The van der Waals surface area contributed by atoms with Crippen LogP contribution in [-0.4, -0.2) is 23.8 Å². The Labute approximate surface area is 151 Å². The van der Waals surface area contributed by atoms with Crippen molar-refractivity contribution < 1.29 is 18.7 Å². The summed E-state index contributed by atoms with van der Waals surface area (Å²) >= 11 is 0. The minimum atomic E-state index is -0.487. The second-order valence-electron chi connectivity index (χ2n) is 6.02. The summed E-state index contributed by atoms with van der Waals surface area (Å²) in [5, 5.41) is 2.85. The molecule has 1 atom stereocenters. The molecule has 5 nitrogen and oxygen atoms in total. The maximum Gasteiger partial charge on any atom is 0.326 e. The monoisotopic (exact) mass is 354 g/mol. The molecule has 0 aliphatic carbocycles. The van der Waals surface area contributed by atoms with Crippen molar-refractivity contribution in [2.24, 2.45) is 0 Å². The van der Waals surface area contributed by atoms with E-state index >= 15 is 0 Å². The van der Waals surface area contributed by atoms with Crippen molar-refractivity contribution in [1.29, 1.82) is 0 Å². The molecule has 0 unspecified atom stereocenters. The van der Waals surface area contributed by atoms with Gasteiger partial charge in [-0.25, -0.2) is 9.18 Å². The fourth-order valence-electron chi connectivity index (χ4n) is 2.95. The van der Waals surface area contributed by atoms with Gasteiger partial charge in [0.2, 0.25) is 0 Å². The summed E-state index contributed by atoms with van der Waals surface area (Å²) in [4.78, 5) is 26.1. The summed E-state index contributed by atoms with van der Waals surface area (Å²) in [6.07, 6.45) is 2.98. The van der Waals surface area contributed by atoms with Crippen molar-refractivity contribution in [3.05, 3.63) is 71.7 Å². The van der Waals surface area contributed by atoms with E-state index < -0.39 is 6.04 Å². The van der Waals surface area contributed by atoms with E-state index in [4.69, 9.17) is 4.74 Å². The van der Waals surface area contributed by atoms with Crippen LogP contribution in [0.25, 0.3) is 0 Å². The summed E-state index contributed by atoms with van der Waals surface area (Å²) < 4.78 is 18.5. The van der Waals surface area contributed by atoms with Crippen LogP contribution in [-0.2, 0) is 4.79 Å². The number of amides is 2. The first kappa shape index (κ1) is 17.7. The predicted octanol–water partition coefficient (Wildman–Crippen LogP) is 4.20. The van der Waals surface area contributed by atoms with Crippen molar-refractivity contribution in [2.45, 2.75) is 19.4 Å². The van der Waals surface area contributed by atoms with E-state index in [1.165, 1.54) is 29.3 Å². The highest BCUT2D eigenvalue weighted by atomic mass is 19.1. The van der Waals surface area contributed by atoms with Gasteiger partial charge in [0.15, 0.2) is 5.78 Å². The molecule has 1 N–H and O–H groups in total. The van der Waals surface area contributed by atoms with E-state index in [1.807, 2.05) is 13.0 Å². The zero-order valence-electron chi connectivity index (χ0n) is 14.5.